The summed E-state index contributed by atoms with van der Waals surface area (Å²) in [6.45, 7) is 6.11. The molecule has 2 rings (SSSR count). The molecule has 1 heterocycles. The Morgan fingerprint density at radius 2 is 1.88 bits per heavy atom. The second kappa shape index (κ2) is 4.18. The lowest BCUT2D eigenvalue weighted by molar-refractivity contribution is 0.573. The van der Waals surface area contributed by atoms with E-state index in [9.17, 15) is 8.78 Å². The van der Waals surface area contributed by atoms with Crippen LogP contribution in [0.5, 0.6) is 0 Å². The first kappa shape index (κ1) is 12.2. The molecule has 1 aromatic heterocycles. The minimum atomic E-state index is -0.450. The van der Waals surface area contributed by atoms with Crippen molar-refractivity contribution in [1.29, 1.82) is 0 Å². The predicted octanol–water partition coefficient (Wildman–Crippen LogP) is 4.39. The molecule has 17 heavy (non-hydrogen) atoms. The van der Waals surface area contributed by atoms with Crippen LogP contribution in [0.25, 0.3) is 10.6 Å². The summed E-state index contributed by atoms with van der Waals surface area (Å²) in [5, 5.41) is 2.41. The monoisotopic (exact) mass is 253 g/mol. The maximum absolute atomic E-state index is 13.6. The van der Waals surface area contributed by atoms with E-state index in [2.05, 4.69) is 4.98 Å². The van der Waals surface area contributed by atoms with Crippen LogP contribution in [-0.2, 0) is 5.41 Å². The molecule has 0 aliphatic carbocycles. The van der Waals surface area contributed by atoms with Gasteiger partial charge < -0.3 is 0 Å². The van der Waals surface area contributed by atoms with E-state index in [4.69, 9.17) is 0 Å². The van der Waals surface area contributed by atoms with E-state index < -0.39 is 11.6 Å². The van der Waals surface area contributed by atoms with E-state index in [0.717, 1.165) is 17.8 Å². The average molecular weight is 253 g/mol. The summed E-state index contributed by atoms with van der Waals surface area (Å²) in [5.74, 6) is -0.893. The number of thiazole rings is 1. The Bertz CT molecular complexity index is 541. The first-order valence-electron chi connectivity index (χ1n) is 5.29. The van der Waals surface area contributed by atoms with Crippen molar-refractivity contribution in [2.75, 3.05) is 0 Å². The van der Waals surface area contributed by atoms with Gasteiger partial charge in [0.05, 0.1) is 5.69 Å². The maximum atomic E-state index is 13.6. The van der Waals surface area contributed by atoms with Gasteiger partial charge >= 0.3 is 0 Å². The van der Waals surface area contributed by atoms with Crippen molar-refractivity contribution in [3.05, 3.63) is 40.9 Å². The Morgan fingerprint density at radius 3 is 2.47 bits per heavy atom. The zero-order chi connectivity index (χ0) is 12.6. The minimum absolute atomic E-state index is 0.0848. The Morgan fingerprint density at radius 1 is 1.18 bits per heavy atom. The summed E-state index contributed by atoms with van der Waals surface area (Å²) in [7, 11) is 0. The van der Waals surface area contributed by atoms with Crippen LogP contribution < -0.4 is 0 Å². The van der Waals surface area contributed by atoms with E-state index in [-0.39, 0.29) is 11.0 Å². The minimum Gasteiger partial charge on any atom is -0.240 e. The lowest BCUT2D eigenvalue weighted by Crippen LogP contribution is -2.11. The van der Waals surface area contributed by atoms with E-state index in [0.29, 0.717) is 5.01 Å². The van der Waals surface area contributed by atoms with Crippen molar-refractivity contribution < 1.29 is 8.78 Å². The third-order valence-corrected chi connectivity index (χ3v) is 3.31. The molecule has 0 fully saturated rings. The molecule has 0 spiro atoms. The van der Waals surface area contributed by atoms with Gasteiger partial charge in [-0.3, -0.25) is 0 Å². The van der Waals surface area contributed by atoms with Gasteiger partial charge in [-0.2, -0.15) is 0 Å². The summed E-state index contributed by atoms with van der Waals surface area (Å²) in [5.41, 5.74) is 1.03. The Kier molecular flexibility index (Phi) is 3.00. The van der Waals surface area contributed by atoms with Gasteiger partial charge in [-0.15, -0.1) is 11.3 Å². The van der Waals surface area contributed by atoms with Gasteiger partial charge in [0.25, 0.3) is 0 Å². The lowest BCUT2D eigenvalue weighted by atomic mass is 9.93. The number of nitrogens with zero attached hydrogens (tertiary/aromatic N) is 1. The second-order valence-corrected chi connectivity index (χ2v) is 5.77. The third-order valence-electron chi connectivity index (χ3n) is 2.43. The first-order valence-corrected chi connectivity index (χ1v) is 6.17. The zero-order valence-electron chi connectivity index (χ0n) is 9.92. The van der Waals surface area contributed by atoms with Crippen molar-refractivity contribution in [2.24, 2.45) is 0 Å². The van der Waals surface area contributed by atoms with Crippen molar-refractivity contribution in [3.63, 3.8) is 0 Å². The maximum Gasteiger partial charge on any atom is 0.133 e. The summed E-state index contributed by atoms with van der Waals surface area (Å²) in [6.07, 6.45) is 0. The normalized spacial score (nSPS) is 11.8. The van der Waals surface area contributed by atoms with E-state index >= 15 is 0 Å². The van der Waals surface area contributed by atoms with Crippen molar-refractivity contribution in [2.45, 2.75) is 26.2 Å². The molecule has 0 bridgehead atoms. The van der Waals surface area contributed by atoms with Gasteiger partial charge in [0.1, 0.15) is 16.6 Å². The standard InChI is InChI=1S/C13H13F2NS/c1-13(2,3)11-7-17-12(16-11)9-6-8(14)4-5-10(9)15/h4-7H,1-3H3. The van der Waals surface area contributed by atoms with Crippen molar-refractivity contribution in [1.82, 2.24) is 4.98 Å². The molecule has 0 radical (unpaired) electrons. The molecule has 0 aliphatic heterocycles. The molecule has 2 aromatic rings. The number of aromatic nitrogens is 1. The molecule has 0 aliphatic rings. The molecule has 0 saturated carbocycles. The van der Waals surface area contributed by atoms with Gasteiger partial charge in [0.2, 0.25) is 0 Å². The second-order valence-electron chi connectivity index (χ2n) is 4.91. The highest BCUT2D eigenvalue weighted by atomic mass is 32.1. The van der Waals surface area contributed by atoms with Gasteiger partial charge in [0.15, 0.2) is 0 Å². The molecular formula is C13H13F2NS. The van der Waals surface area contributed by atoms with Gasteiger partial charge in [-0.05, 0) is 18.2 Å². The van der Waals surface area contributed by atoms with Crippen LogP contribution in [0.2, 0.25) is 0 Å². The van der Waals surface area contributed by atoms with E-state index in [1.165, 1.54) is 17.4 Å². The van der Waals surface area contributed by atoms with Crippen LogP contribution in [0.3, 0.4) is 0 Å². The molecule has 1 nitrogen and oxygen atoms in total. The fourth-order valence-corrected chi connectivity index (χ4v) is 2.47. The Labute approximate surface area is 103 Å². The third kappa shape index (κ3) is 2.52. The number of rotatable bonds is 1. The van der Waals surface area contributed by atoms with Crippen LogP contribution in [0, 0.1) is 11.6 Å². The topological polar surface area (TPSA) is 12.9 Å². The van der Waals surface area contributed by atoms with E-state index in [1.54, 1.807) is 0 Å². The summed E-state index contributed by atoms with van der Waals surface area (Å²) in [4.78, 5) is 4.37. The van der Waals surface area contributed by atoms with Gasteiger partial charge in [-0.1, -0.05) is 20.8 Å². The zero-order valence-corrected chi connectivity index (χ0v) is 10.7. The highest BCUT2D eigenvalue weighted by Crippen LogP contribution is 2.31. The number of hydrogen-bond donors (Lipinski definition) is 0. The summed E-state index contributed by atoms with van der Waals surface area (Å²) in [6, 6.07) is 3.42. The number of benzene rings is 1. The Balaban J connectivity index is 2.47. The van der Waals surface area contributed by atoms with E-state index in [1.807, 2.05) is 26.2 Å². The average Bonchev–Trinajstić information content (AvgIpc) is 2.70. The number of halogens is 2. The quantitative estimate of drug-likeness (QED) is 0.734. The largest absolute Gasteiger partial charge is 0.240 e. The highest BCUT2D eigenvalue weighted by Gasteiger charge is 2.19. The summed E-state index contributed by atoms with van der Waals surface area (Å²) >= 11 is 1.33. The van der Waals surface area contributed by atoms with Crippen LogP contribution in [0.1, 0.15) is 26.5 Å². The first-order chi connectivity index (χ1) is 7.88. The smallest absolute Gasteiger partial charge is 0.133 e. The number of hydrogen-bond acceptors (Lipinski definition) is 2. The lowest BCUT2D eigenvalue weighted by Gasteiger charge is -2.14. The predicted molar refractivity (Wildman–Crippen MR) is 66.2 cm³/mol. The van der Waals surface area contributed by atoms with Gasteiger partial charge in [0, 0.05) is 16.4 Å². The molecule has 0 amide bonds. The van der Waals surface area contributed by atoms with Crippen LogP contribution >= 0.6 is 11.3 Å². The molecule has 0 saturated heterocycles. The highest BCUT2D eigenvalue weighted by molar-refractivity contribution is 7.13. The molecule has 1 aromatic carbocycles. The van der Waals surface area contributed by atoms with Crippen LogP contribution in [0.4, 0.5) is 8.78 Å². The van der Waals surface area contributed by atoms with Crippen molar-refractivity contribution in [3.8, 4) is 10.6 Å². The SMILES string of the molecule is CC(C)(C)c1csc(-c2cc(F)ccc2F)n1. The van der Waals surface area contributed by atoms with Crippen LogP contribution in [0.15, 0.2) is 23.6 Å². The molecule has 90 valence electrons. The van der Waals surface area contributed by atoms with Gasteiger partial charge in [-0.25, -0.2) is 13.8 Å². The molecular weight excluding hydrogens is 240 g/mol. The van der Waals surface area contributed by atoms with Crippen LogP contribution in [-0.4, -0.2) is 4.98 Å². The molecule has 0 N–H and O–H groups in total. The van der Waals surface area contributed by atoms with Crippen molar-refractivity contribution >= 4 is 11.3 Å². The summed E-state index contributed by atoms with van der Waals surface area (Å²) < 4.78 is 26.6. The molecule has 4 heteroatoms. The Hall–Kier alpha value is -1.29. The molecule has 0 atom stereocenters. The fourth-order valence-electron chi connectivity index (χ4n) is 1.40. The molecule has 0 unspecified atom stereocenters. The fraction of sp³-hybridized carbons (Fsp3) is 0.308.